The quantitative estimate of drug-likeness (QED) is 0.0136. The number of aromatic amines is 2. The number of allylic oxidation sites excluding steroid dienone is 2. The average molecular weight is 1480 g/mol. The maximum atomic E-state index is 15.6. The van der Waals surface area contributed by atoms with Gasteiger partial charge in [-0.15, -0.1) is 0 Å². The van der Waals surface area contributed by atoms with Crippen LogP contribution in [0.1, 0.15) is 260 Å². The fraction of sp³-hybridized carbons (Fsp3) is 0.846. The van der Waals surface area contributed by atoms with E-state index in [4.69, 9.17) is 27.6 Å². The van der Waals surface area contributed by atoms with Crippen molar-refractivity contribution < 1.29 is 36.7 Å². The van der Waals surface area contributed by atoms with E-state index in [2.05, 4.69) is 122 Å². The highest BCUT2D eigenvalue weighted by atomic mass is 31.2. The smallest absolute Gasteiger partial charge is 0.352 e. The molecule has 0 bridgehead atoms. The molecule has 578 valence electrons. The number of hydrogen-bond donors (Lipinski definition) is 4. The molecule has 0 spiro atoms. The second-order valence-electron chi connectivity index (χ2n) is 35.9. The molecule has 0 aromatic carbocycles. The van der Waals surface area contributed by atoms with Crippen molar-refractivity contribution in [1.82, 2.24) is 29.3 Å². The Bertz CT molecular complexity index is 3650. The molecule has 6 saturated carbocycles. The summed E-state index contributed by atoms with van der Waals surface area (Å²) < 4.78 is 72.8. The molecule has 26 heteroatoms. The minimum Gasteiger partial charge on any atom is -0.352 e. The van der Waals surface area contributed by atoms with Crippen LogP contribution in [-0.2, 0) is 36.7 Å². The van der Waals surface area contributed by atoms with Crippen LogP contribution in [0.4, 0.5) is 0 Å². The molecule has 4 heterocycles. The molecule has 2 unspecified atom stereocenters. The van der Waals surface area contributed by atoms with Gasteiger partial charge in [0.1, 0.15) is 12.5 Å². The average Bonchev–Trinajstić information content (AvgIpc) is 1.44. The topological polar surface area (TPSA) is 321 Å². The van der Waals surface area contributed by atoms with Gasteiger partial charge >= 0.3 is 26.9 Å². The van der Waals surface area contributed by atoms with Crippen LogP contribution in [0, 0.1) is 107 Å². The SMILES string of the molecule is Cc1cn([C@H]2C[C@H](N=[N+]=[N-])[C@@H](COP(=O)(NCCCCNP(=O)(OC[C@H]3O[C@@H](n4cc(C)c(=O)[nH]c4=O)C[C@@H]3N=[N+]=[N-])O[C@H]3CC[C@@]4(C)C(=CC[C@H]5[C@@H]6CC[C@H]([C@H](C)CCCC(C)C)[C@@]6(C)CC[C@@H]54)C3)O[C@H]3CC[C@@]4(C)C(=CC[C@H]5[C@@H]6CC[C@H]([C@H](C)CCCC(C)C)[C@@]6(C)CC[C@@H]54)C3)O2)c(=O)[nH]c1=O. The third kappa shape index (κ3) is 16.5. The molecule has 2 aromatic heterocycles. The van der Waals surface area contributed by atoms with Gasteiger partial charge in [-0.1, -0.05) is 141 Å². The van der Waals surface area contributed by atoms with Crippen LogP contribution in [0.15, 0.2) is 65.1 Å². The van der Waals surface area contributed by atoms with Crippen molar-refractivity contribution >= 4 is 15.5 Å². The summed E-state index contributed by atoms with van der Waals surface area (Å²) in [7, 11) is -8.41. The Hall–Kier alpha value is -4.40. The number of unbranched alkanes of at least 4 members (excludes halogenated alkanes) is 1. The molecule has 8 aliphatic carbocycles. The molecule has 0 amide bonds. The molecule has 12 rings (SSSR count). The zero-order valence-corrected chi connectivity index (χ0v) is 66.2. The molecule has 104 heavy (non-hydrogen) atoms. The first-order valence-electron chi connectivity index (χ1n) is 40.3. The molecule has 24 nitrogen and oxygen atoms in total. The molecular weight excluding hydrogens is 1360 g/mol. The lowest BCUT2D eigenvalue weighted by Gasteiger charge is -2.58. The molecule has 24 atom stereocenters. The Morgan fingerprint density at radius 1 is 0.567 bits per heavy atom. The van der Waals surface area contributed by atoms with Gasteiger partial charge in [0.2, 0.25) is 0 Å². The van der Waals surface area contributed by atoms with Crippen molar-refractivity contribution in [3.63, 3.8) is 0 Å². The van der Waals surface area contributed by atoms with Crippen molar-refractivity contribution in [3.05, 3.63) is 109 Å². The summed E-state index contributed by atoms with van der Waals surface area (Å²) in [6.07, 6.45) is 28.8. The Morgan fingerprint density at radius 3 is 1.36 bits per heavy atom. The fourth-order valence-corrected chi connectivity index (χ4v) is 26.3. The summed E-state index contributed by atoms with van der Waals surface area (Å²) in [5, 5.41) is 14.4. The van der Waals surface area contributed by atoms with Gasteiger partial charge in [0.05, 0.1) is 49.7 Å². The van der Waals surface area contributed by atoms with Gasteiger partial charge in [-0.25, -0.2) is 28.9 Å². The molecule has 2 saturated heterocycles. The Morgan fingerprint density at radius 2 is 0.971 bits per heavy atom. The number of hydrogen-bond acceptors (Lipinski definition) is 14. The monoisotopic (exact) mass is 1480 g/mol. The minimum atomic E-state index is -4.20. The van der Waals surface area contributed by atoms with Crippen molar-refractivity contribution in [2.24, 2.45) is 103 Å². The van der Waals surface area contributed by atoms with Crippen LogP contribution in [0.25, 0.3) is 20.9 Å². The summed E-state index contributed by atoms with van der Waals surface area (Å²) in [4.78, 5) is 61.8. The summed E-state index contributed by atoms with van der Waals surface area (Å²) in [5.74, 6) is 8.26. The Balaban J connectivity index is 0.732. The number of nitrogens with one attached hydrogen (secondary N) is 4. The van der Waals surface area contributed by atoms with Gasteiger partial charge in [-0.3, -0.25) is 46.8 Å². The van der Waals surface area contributed by atoms with Gasteiger partial charge in [-0.05, 0) is 233 Å². The van der Waals surface area contributed by atoms with E-state index in [9.17, 15) is 30.2 Å². The van der Waals surface area contributed by atoms with E-state index < -0.39 is 86.9 Å². The third-order valence-electron chi connectivity index (χ3n) is 28.8. The summed E-state index contributed by atoms with van der Waals surface area (Å²) in [6, 6.07) is -1.62. The number of aryl methyl sites for hydroxylation is 2. The van der Waals surface area contributed by atoms with Crippen LogP contribution in [0.3, 0.4) is 0 Å². The van der Waals surface area contributed by atoms with E-state index in [-0.39, 0.29) is 50.0 Å². The van der Waals surface area contributed by atoms with Crippen molar-refractivity contribution in [1.29, 1.82) is 0 Å². The van der Waals surface area contributed by atoms with Crippen LogP contribution in [0.5, 0.6) is 0 Å². The second kappa shape index (κ2) is 32.7. The van der Waals surface area contributed by atoms with E-state index in [0.717, 1.165) is 61.2 Å². The molecule has 8 fully saturated rings. The van der Waals surface area contributed by atoms with Gasteiger partial charge in [-0.2, -0.15) is 0 Å². The van der Waals surface area contributed by atoms with Gasteiger partial charge in [0, 0.05) is 59.3 Å². The largest absolute Gasteiger partial charge is 0.405 e. The van der Waals surface area contributed by atoms with Crippen LogP contribution in [-0.4, -0.2) is 81.9 Å². The van der Waals surface area contributed by atoms with Gasteiger partial charge in [0.25, 0.3) is 11.1 Å². The molecule has 10 aliphatic rings. The third-order valence-corrected chi connectivity index (χ3v) is 32.2. The maximum Gasteiger partial charge on any atom is 0.405 e. The number of nitrogens with zero attached hydrogens (tertiary/aromatic N) is 8. The zero-order valence-electron chi connectivity index (χ0n) is 64.4. The lowest BCUT2D eigenvalue weighted by atomic mass is 9.47. The molecular formula is C78H124N12O12P2. The molecule has 2 aromatic rings. The molecule has 0 radical (unpaired) electrons. The van der Waals surface area contributed by atoms with Gasteiger partial charge < -0.3 is 9.47 Å². The number of rotatable bonds is 31. The molecule has 4 N–H and O–H groups in total. The van der Waals surface area contributed by atoms with E-state index in [1.807, 2.05) is 0 Å². The van der Waals surface area contributed by atoms with Gasteiger partial charge in [0.15, 0.2) is 0 Å². The van der Waals surface area contributed by atoms with E-state index >= 15 is 9.13 Å². The van der Waals surface area contributed by atoms with Crippen LogP contribution < -0.4 is 32.7 Å². The standard InChI is InChI=1S/C78H124N12O12P2/c1-47(2)17-15-19-49(5)59-25-27-61-57-23-21-53-39-55(29-33-75(53,9)63(57)31-35-77(59,61)11)101-103(95,97-45-67-65(85-87-79)41-69(99-67)89-43-51(7)71(91)83-73(89)93)81-37-13-14-38-82-104(96,98-46-68-66(86-88-80)42-70(100-68)90-44-52(8)72(92)84-74(90)94)102-56-30-34-76(10)54(40-56)22-24-58-62-28-26-60(50(6)20-16-18-48(3)4)78(62,12)36-32-64(58)76/h21-22,43-44,47-50,55-70H,13-20,23-42,45-46H2,1-12H3,(H,81,95)(H,82,96)(H,83,91,93)(H,84,92,94)/t49-,50-,55+,56+,57+,58+,59-,60-,61+,62+,63+,64+,65+,66+,67-,68-,69-,70-,75+,76+,77-,78-,103?,104?/m1/s1. The number of ether oxygens (including phenoxy) is 2. The Kier molecular flexibility index (Phi) is 24.9. The number of aromatic nitrogens is 4. The highest BCUT2D eigenvalue weighted by Gasteiger charge is 2.62. The van der Waals surface area contributed by atoms with Crippen molar-refractivity contribution in [2.45, 2.75) is 299 Å². The van der Waals surface area contributed by atoms with Crippen molar-refractivity contribution in [3.8, 4) is 0 Å². The lowest BCUT2D eigenvalue weighted by Crippen LogP contribution is -2.51. The number of H-pyrrole nitrogens is 2. The number of azide groups is 2. The van der Waals surface area contributed by atoms with Crippen LogP contribution in [0.2, 0.25) is 0 Å². The Labute approximate surface area is 616 Å². The predicted octanol–water partition coefficient (Wildman–Crippen LogP) is 17.7. The summed E-state index contributed by atoms with van der Waals surface area (Å²) >= 11 is 0. The first kappa shape index (κ1) is 79.2. The highest BCUT2D eigenvalue weighted by Crippen LogP contribution is 2.70. The van der Waals surface area contributed by atoms with E-state index in [0.29, 0.717) is 96.0 Å². The summed E-state index contributed by atoms with van der Waals surface area (Å²) in [5.41, 5.74) is 21.1. The fourth-order valence-electron chi connectivity index (χ4n) is 23.2. The first-order chi connectivity index (χ1) is 49.5. The molecule has 2 aliphatic heterocycles. The first-order valence-corrected chi connectivity index (χ1v) is 43.4. The number of fused-ring (bicyclic) bond motifs is 10. The summed E-state index contributed by atoms with van der Waals surface area (Å²) in [6.45, 7) is 27.5. The van der Waals surface area contributed by atoms with Crippen molar-refractivity contribution in [2.75, 3.05) is 26.3 Å². The minimum absolute atomic E-state index is 0.00258. The normalized spacial score (nSPS) is 37.5. The maximum absolute atomic E-state index is 15.6. The van der Waals surface area contributed by atoms with E-state index in [1.165, 1.54) is 123 Å². The zero-order chi connectivity index (χ0) is 74.3. The van der Waals surface area contributed by atoms with Crippen LogP contribution >= 0.6 is 15.5 Å². The lowest BCUT2D eigenvalue weighted by molar-refractivity contribution is -0.0574. The van der Waals surface area contributed by atoms with E-state index in [1.54, 1.807) is 13.8 Å². The predicted molar refractivity (Wildman–Crippen MR) is 403 cm³/mol. The second-order valence-corrected chi connectivity index (χ2v) is 39.4. The highest BCUT2D eigenvalue weighted by molar-refractivity contribution is 7.52.